The van der Waals surface area contributed by atoms with Gasteiger partial charge in [0.15, 0.2) is 4.34 Å². The quantitative estimate of drug-likeness (QED) is 0.321. The molecule has 0 aliphatic rings. The predicted octanol–water partition coefficient (Wildman–Crippen LogP) is 5.28. The highest BCUT2D eigenvalue weighted by atomic mass is 32.2. The van der Waals surface area contributed by atoms with Crippen molar-refractivity contribution in [3.8, 4) is 0 Å². The lowest BCUT2D eigenvalue weighted by Crippen LogP contribution is -2.38. The number of ketones is 1. The molecule has 3 heterocycles. The van der Waals surface area contributed by atoms with Crippen LogP contribution in [0.3, 0.4) is 0 Å². The molecular weight excluding hydrogens is 507 g/mol. The number of aromatic nitrogens is 3. The van der Waals surface area contributed by atoms with E-state index in [2.05, 4.69) is 4.98 Å². The van der Waals surface area contributed by atoms with E-state index in [9.17, 15) is 27.6 Å². The molecule has 0 fully saturated rings. The summed E-state index contributed by atoms with van der Waals surface area (Å²) in [6, 6.07) is 4.54. The second kappa shape index (κ2) is 9.16. The van der Waals surface area contributed by atoms with E-state index in [0.717, 1.165) is 39.8 Å². The number of thiophene rings is 1. The minimum Gasteiger partial charge on any atom is -0.288 e. The fourth-order valence-electron chi connectivity index (χ4n) is 3.48. The number of halogens is 3. The summed E-state index contributed by atoms with van der Waals surface area (Å²) in [5, 5.41) is 1.84. The third-order valence-corrected chi connectivity index (χ3v) is 8.29. The third-order valence-electron chi connectivity index (χ3n) is 4.96. The Morgan fingerprint density at radius 3 is 2.53 bits per heavy atom. The van der Waals surface area contributed by atoms with Crippen LogP contribution in [0.4, 0.5) is 13.2 Å². The van der Waals surface area contributed by atoms with Crippen molar-refractivity contribution in [3.05, 3.63) is 72.7 Å². The van der Waals surface area contributed by atoms with E-state index in [1.807, 2.05) is 13.8 Å². The molecule has 0 saturated carbocycles. The van der Waals surface area contributed by atoms with Crippen molar-refractivity contribution in [2.75, 3.05) is 0 Å². The molecule has 34 heavy (non-hydrogen) atoms. The number of hydrogen-bond donors (Lipinski definition) is 0. The van der Waals surface area contributed by atoms with Crippen LogP contribution in [-0.2, 0) is 19.8 Å². The van der Waals surface area contributed by atoms with E-state index in [4.69, 9.17) is 0 Å². The molecule has 0 spiro atoms. The summed E-state index contributed by atoms with van der Waals surface area (Å²) in [7, 11) is 1.34. The summed E-state index contributed by atoms with van der Waals surface area (Å²) in [5.41, 5.74) is -2.74. The molecule has 0 unspecified atom stereocenters. The SMILES string of the molecule is CC(C)Cn1c(=O)n(C)c(=O)c2c(Sc3nccs3)c(C(=O)c3ccccc3C(F)(F)F)sc21. The monoisotopic (exact) mass is 525 g/mol. The zero-order valence-electron chi connectivity index (χ0n) is 18.2. The zero-order chi connectivity index (χ0) is 24.8. The molecule has 6 nitrogen and oxygen atoms in total. The summed E-state index contributed by atoms with van der Waals surface area (Å²) >= 11 is 3.17. The number of rotatable bonds is 6. The van der Waals surface area contributed by atoms with Crippen LogP contribution < -0.4 is 11.2 Å². The van der Waals surface area contributed by atoms with Crippen LogP contribution in [0, 0.1) is 5.92 Å². The maximum atomic E-state index is 13.7. The number of carbonyl (C=O) groups excluding carboxylic acids is 1. The molecule has 0 saturated heterocycles. The molecule has 0 N–H and O–H groups in total. The molecule has 0 radical (unpaired) electrons. The van der Waals surface area contributed by atoms with E-state index < -0.39 is 34.3 Å². The van der Waals surface area contributed by atoms with Crippen molar-refractivity contribution in [2.24, 2.45) is 13.0 Å². The van der Waals surface area contributed by atoms with E-state index in [1.54, 1.807) is 11.6 Å². The van der Waals surface area contributed by atoms with Gasteiger partial charge in [-0.1, -0.05) is 43.8 Å². The first-order valence-electron chi connectivity index (χ1n) is 10.0. The molecular formula is C22H18F3N3O3S3. The minimum absolute atomic E-state index is 0.0351. The third kappa shape index (κ3) is 4.37. The standard InChI is InChI=1S/C22H18F3N3O3S3/c1-11(2)10-28-19-14(18(30)27(3)21(28)31)16(34-20-26-8-9-32-20)17(33-19)15(29)12-6-4-5-7-13(12)22(23,24)25/h4-9,11H,10H2,1-3H3. The molecule has 4 aromatic rings. The van der Waals surface area contributed by atoms with E-state index in [0.29, 0.717) is 4.34 Å². The van der Waals surface area contributed by atoms with Crippen LogP contribution in [0.25, 0.3) is 10.2 Å². The van der Waals surface area contributed by atoms with Gasteiger partial charge in [0.2, 0.25) is 5.78 Å². The summed E-state index contributed by atoms with van der Waals surface area (Å²) in [6.07, 6.45) is -3.18. The van der Waals surface area contributed by atoms with Gasteiger partial charge >= 0.3 is 11.9 Å². The largest absolute Gasteiger partial charge is 0.417 e. The molecule has 0 amide bonds. The molecule has 178 valence electrons. The number of alkyl halides is 3. The number of nitrogens with zero attached hydrogens (tertiary/aromatic N) is 3. The Labute approximate surface area is 203 Å². The number of benzene rings is 1. The lowest BCUT2D eigenvalue weighted by Gasteiger charge is -2.11. The van der Waals surface area contributed by atoms with Crippen LogP contribution in [0.1, 0.15) is 34.6 Å². The van der Waals surface area contributed by atoms with Crippen LogP contribution in [0.15, 0.2) is 54.7 Å². The Balaban J connectivity index is 2.06. The Morgan fingerprint density at radius 2 is 1.91 bits per heavy atom. The van der Waals surface area contributed by atoms with Crippen molar-refractivity contribution in [1.29, 1.82) is 0 Å². The van der Waals surface area contributed by atoms with E-state index >= 15 is 0 Å². The first kappa shape index (κ1) is 24.4. The average molecular weight is 526 g/mol. The van der Waals surface area contributed by atoms with E-state index in [-0.39, 0.29) is 32.5 Å². The van der Waals surface area contributed by atoms with Crippen molar-refractivity contribution < 1.29 is 18.0 Å². The van der Waals surface area contributed by atoms with Gasteiger partial charge < -0.3 is 0 Å². The highest BCUT2D eigenvalue weighted by molar-refractivity contribution is 8.01. The topological polar surface area (TPSA) is 74.0 Å². The normalized spacial score (nSPS) is 12.1. The lowest BCUT2D eigenvalue weighted by atomic mass is 10.0. The van der Waals surface area contributed by atoms with Gasteiger partial charge in [0.05, 0.1) is 20.7 Å². The van der Waals surface area contributed by atoms with Crippen LogP contribution >= 0.6 is 34.4 Å². The molecule has 0 aliphatic heterocycles. The van der Waals surface area contributed by atoms with Gasteiger partial charge in [-0.2, -0.15) is 13.2 Å². The van der Waals surface area contributed by atoms with Crippen LogP contribution in [0.5, 0.6) is 0 Å². The highest BCUT2D eigenvalue weighted by Crippen LogP contribution is 2.43. The lowest BCUT2D eigenvalue weighted by molar-refractivity contribution is -0.137. The van der Waals surface area contributed by atoms with Gasteiger partial charge in [-0.05, 0) is 12.0 Å². The van der Waals surface area contributed by atoms with Crippen molar-refractivity contribution in [2.45, 2.75) is 35.8 Å². The van der Waals surface area contributed by atoms with Crippen molar-refractivity contribution in [1.82, 2.24) is 14.1 Å². The molecule has 4 rings (SSSR count). The first-order chi connectivity index (χ1) is 16.0. The highest BCUT2D eigenvalue weighted by Gasteiger charge is 2.36. The number of thiazole rings is 1. The average Bonchev–Trinajstić information content (AvgIpc) is 3.42. The predicted molar refractivity (Wildman–Crippen MR) is 127 cm³/mol. The maximum Gasteiger partial charge on any atom is 0.417 e. The first-order valence-corrected chi connectivity index (χ1v) is 12.6. The fourth-order valence-corrected chi connectivity index (χ4v) is 6.67. The Morgan fingerprint density at radius 1 is 1.21 bits per heavy atom. The fraction of sp³-hybridized carbons (Fsp3) is 0.273. The van der Waals surface area contributed by atoms with Gasteiger partial charge in [0.25, 0.3) is 5.56 Å². The second-order valence-corrected chi connectivity index (χ2v) is 11.0. The van der Waals surface area contributed by atoms with Crippen molar-refractivity contribution in [3.63, 3.8) is 0 Å². The Hall–Kier alpha value is -2.70. The number of hydrogen-bond acceptors (Lipinski definition) is 7. The Kier molecular flexibility index (Phi) is 6.58. The van der Waals surface area contributed by atoms with Crippen molar-refractivity contribution >= 4 is 50.4 Å². The summed E-state index contributed by atoms with van der Waals surface area (Å²) in [4.78, 5) is 44.2. The number of fused-ring (bicyclic) bond motifs is 1. The molecule has 12 heteroatoms. The van der Waals surface area contributed by atoms with Crippen LogP contribution in [0.2, 0.25) is 0 Å². The molecule has 0 aliphatic carbocycles. The maximum absolute atomic E-state index is 13.7. The van der Waals surface area contributed by atoms with Gasteiger partial charge in [0, 0.05) is 30.7 Å². The van der Waals surface area contributed by atoms with Gasteiger partial charge in [-0.3, -0.25) is 18.7 Å². The summed E-state index contributed by atoms with van der Waals surface area (Å²) in [5.74, 6) is -0.820. The van der Waals surface area contributed by atoms with Gasteiger partial charge in [-0.15, -0.1) is 22.7 Å². The summed E-state index contributed by atoms with van der Waals surface area (Å²) < 4.78 is 43.8. The Bertz CT molecular complexity index is 1500. The van der Waals surface area contributed by atoms with E-state index in [1.165, 1.54) is 35.1 Å². The second-order valence-electron chi connectivity index (χ2n) is 7.86. The molecule has 0 atom stereocenters. The molecule has 3 aromatic heterocycles. The number of carbonyl (C=O) groups is 1. The summed E-state index contributed by atoms with van der Waals surface area (Å²) in [6.45, 7) is 4.07. The smallest absolute Gasteiger partial charge is 0.288 e. The molecule has 0 bridgehead atoms. The van der Waals surface area contributed by atoms with Gasteiger partial charge in [-0.25, -0.2) is 9.78 Å². The molecule has 1 aromatic carbocycles. The van der Waals surface area contributed by atoms with Crippen LogP contribution in [-0.4, -0.2) is 19.9 Å². The minimum atomic E-state index is -4.73. The zero-order valence-corrected chi connectivity index (χ0v) is 20.6. The van der Waals surface area contributed by atoms with Gasteiger partial charge in [0.1, 0.15) is 4.83 Å².